The first kappa shape index (κ1) is 13.4. The van der Waals surface area contributed by atoms with Gasteiger partial charge in [-0.15, -0.1) is 0 Å². The van der Waals surface area contributed by atoms with E-state index in [0.29, 0.717) is 19.3 Å². The van der Waals surface area contributed by atoms with Crippen molar-refractivity contribution < 1.29 is 9.47 Å². The second-order valence-corrected chi connectivity index (χ2v) is 4.95. The van der Waals surface area contributed by atoms with E-state index in [1.165, 1.54) is 18.4 Å². The summed E-state index contributed by atoms with van der Waals surface area (Å²) in [6.07, 6.45) is 2.76. The van der Waals surface area contributed by atoms with Crippen LogP contribution in [0.4, 0.5) is 0 Å². The highest BCUT2D eigenvalue weighted by Gasteiger charge is 2.22. The highest BCUT2D eigenvalue weighted by atomic mass is 16.5. The van der Waals surface area contributed by atoms with Crippen molar-refractivity contribution in [2.75, 3.05) is 26.9 Å². The average molecular weight is 249 g/mol. The molecule has 0 bridgehead atoms. The van der Waals surface area contributed by atoms with E-state index in [1.54, 1.807) is 7.11 Å². The number of ether oxygens (including phenoxy) is 2. The number of hydrogen-bond acceptors (Lipinski definition) is 3. The van der Waals surface area contributed by atoms with Crippen molar-refractivity contribution in [1.29, 1.82) is 0 Å². The summed E-state index contributed by atoms with van der Waals surface area (Å²) in [5, 5.41) is 3.58. The van der Waals surface area contributed by atoms with Crippen LogP contribution in [0.15, 0.2) is 24.3 Å². The van der Waals surface area contributed by atoms with Crippen molar-refractivity contribution in [2.45, 2.75) is 25.8 Å². The highest BCUT2D eigenvalue weighted by molar-refractivity contribution is 5.35. The van der Waals surface area contributed by atoms with Gasteiger partial charge in [-0.3, -0.25) is 0 Å². The Hall–Kier alpha value is -1.06. The molecule has 2 rings (SSSR count). The molecule has 3 nitrogen and oxygen atoms in total. The van der Waals surface area contributed by atoms with Crippen molar-refractivity contribution in [1.82, 2.24) is 5.32 Å². The molecule has 1 aromatic rings. The molecule has 1 unspecified atom stereocenters. The molecule has 1 atom stereocenters. The van der Waals surface area contributed by atoms with Gasteiger partial charge in [-0.2, -0.15) is 0 Å². The van der Waals surface area contributed by atoms with Crippen LogP contribution in [0.3, 0.4) is 0 Å². The number of benzene rings is 1. The molecule has 100 valence electrons. The molecule has 1 saturated carbocycles. The van der Waals surface area contributed by atoms with Crippen LogP contribution < -0.4 is 10.1 Å². The Morgan fingerprint density at radius 3 is 2.78 bits per heavy atom. The molecular formula is C15H23NO2. The smallest absolute Gasteiger partial charge is 0.124 e. The van der Waals surface area contributed by atoms with E-state index in [0.717, 1.165) is 18.2 Å². The van der Waals surface area contributed by atoms with Crippen molar-refractivity contribution in [3.05, 3.63) is 29.8 Å². The van der Waals surface area contributed by atoms with Crippen LogP contribution in [-0.4, -0.2) is 26.9 Å². The van der Waals surface area contributed by atoms with Gasteiger partial charge in [0.15, 0.2) is 0 Å². The Balaban J connectivity index is 1.91. The Kier molecular flexibility index (Phi) is 5.02. The molecule has 1 aliphatic rings. The maximum atomic E-state index is 5.76. The Bertz CT molecular complexity index is 363. The fourth-order valence-corrected chi connectivity index (χ4v) is 1.98. The summed E-state index contributed by atoms with van der Waals surface area (Å²) < 4.78 is 10.8. The van der Waals surface area contributed by atoms with E-state index in [-0.39, 0.29) is 0 Å². The standard InChI is InChI=1S/C15H23NO2/c1-12(16-11-13-7-8-13)14-5-3-4-6-15(14)18-10-9-17-2/h3-6,12-13,16H,7-11H2,1-2H3. The fraction of sp³-hybridized carbons (Fsp3) is 0.600. The molecule has 1 aliphatic carbocycles. The monoisotopic (exact) mass is 249 g/mol. The maximum Gasteiger partial charge on any atom is 0.124 e. The maximum absolute atomic E-state index is 5.76. The summed E-state index contributed by atoms with van der Waals surface area (Å²) in [6.45, 7) is 4.54. The first-order chi connectivity index (χ1) is 8.81. The number of methoxy groups -OCH3 is 1. The third kappa shape index (κ3) is 4.00. The second kappa shape index (κ2) is 6.76. The van der Waals surface area contributed by atoms with Crippen LogP contribution in [0.5, 0.6) is 5.75 Å². The molecule has 1 fully saturated rings. The Morgan fingerprint density at radius 1 is 1.28 bits per heavy atom. The third-order valence-electron chi connectivity index (χ3n) is 3.34. The van der Waals surface area contributed by atoms with Crippen LogP contribution in [0, 0.1) is 5.92 Å². The van der Waals surface area contributed by atoms with Gasteiger partial charge in [0.25, 0.3) is 0 Å². The molecule has 0 saturated heterocycles. The predicted octanol–water partition coefficient (Wildman–Crippen LogP) is 2.77. The van der Waals surface area contributed by atoms with E-state index in [4.69, 9.17) is 9.47 Å². The van der Waals surface area contributed by atoms with E-state index in [2.05, 4.69) is 24.4 Å². The van der Waals surface area contributed by atoms with Crippen LogP contribution >= 0.6 is 0 Å². The zero-order valence-corrected chi connectivity index (χ0v) is 11.3. The fourth-order valence-electron chi connectivity index (χ4n) is 1.98. The summed E-state index contributed by atoms with van der Waals surface area (Å²) >= 11 is 0. The molecule has 0 amide bonds. The van der Waals surface area contributed by atoms with E-state index in [1.807, 2.05) is 12.1 Å². The van der Waals surface area contributed by atoms with Crippen molar-refractivity contribution in [3.8, 4) is 5.75 Å². The number of rotatable bonds is 8. The van der Waals surface area contributed by atoms with E-state index >= 15 is 0 Å². The van der Waals surface area contributed by atoms with Gasteiger partial charge in [-0.1, -0.05) is 18.2 Å². The zero-order valence-electron chi connectivity index (χ0n) is 11.3. The molecule has 1 N–H and O–H groups in total. The molecule has 0 radical (unpaired) electrons. The first-order valence-corrected chi connectivity index (χ1v) is 6.75. The lowest BCUT2D eigenvalue weighted by molar-refractivity contribution is 0.145. The molecule has 0 aromatic heterocycles. The van der Waals surface area contributed by atoms with Gasteiger partial charge in [-0.05, 0) is 38.3 Å². The Morgan fingerprint density at radius 2 is 2.06 bits per heavy atom. The summed E-state index contributed by atoms with van der Waals surface area (Å²) in [7, 11) is 1.69. The lowest BCUT2D eigenvalue weighted by atomic mass is 10.1. The van der Waals surface area contributed by atoms with Crippen molar-refractivity contribution in [3.63, 3.8) is 0 Å². The van der Waals surface area contributed by atoms with Gasteiger partial charge >= 0.3 is 0 Å². The summed E-state index contributed by atoms with van der Waals surface area (Å²) in [4.78, 5) is 0. The molecule has 0 spiro atoms. The first-order valence-electron chi connectivity index (χ1n) is 6.75. The second-order valence-electron chi connectivity index (χ2n) is 4.95. The van der Waals surface area contributed by atoms with E-state index in [9.17, 15) is 0 Å². The minimum absolute atomic E-state index is 0.337. The molecule has 0 aliphatic heterocycles. The summed E-state index contributed by atoms with van der Waals surface area (Å²) in [5.74, 6) is 1.86. The van der Waals surface area contributed by atoms with Gasteiger partial charge in [0.1, 0.15) is 12.4 Å². The van der Waals surface area contributed by atoms with Gasteiger partial charge in [-0.25, -0.2) is 0 Å². The lowest BCUT2D eigenvalue weighted by Gasteiger charge is -2.18. The normalized spacial score (nSPS) is 16.6. The third-order valence-corrected chi connectivity index (χ3v) is 3.34. The molecular weight excluding hydrogens is 226 g/mol. The number of hydrogen-bond donors (Lipinski definition) is 1. The Labute approximate surface area is 109 Å². The van der Waals surface area contributed by atoms with Gasteiger partial charge < -0.3 is 14.8 Å². The van der Waals surface area contributed by atoms with Gasteiger partial charge in [0, 0.05) is 18.7 Å². The average Bonchev–Trinajstić information content (AvgIpc) is 3.21. The largest absolute Gasteiger partial charge is 0.491 e. The summed E-state index contributed by atoms with van der Waals surface area (Å²) in [5.41, 5.74) is 1.23. The van der Waals surface area contributed by atoms with Crippen LogP contribution in [-0.2, 0) is 4.74 Å². The molecule has 18 heavy (non-hydrogen) atoms. The quantitative estimate of drug-likeness (QED) is 0.719. The molecule has 0 heterocycles. The van der Waals surface area contributed by atoms with Crippen molar-refractivity contribution in [2.24, 2.45) is 5.92 Å². The minimum Gasteiger partial charge on any atom is -0.491 e. The number of para-hydroxylation sites is 1. The topological polar surface area (TPSA) is 30.5 Å². The van der Waals surface area contributed by atoms with Crippen LogP contribution in [0.1, 0.15) is 31.4 Å². The van der Waals surface area contributed by atoms with Crippen LogP contribution in [0.25, 0.3) is 0 Å². The zero-order chi connectivity index (χ0) is 12.8. The van der Waals surface area contributed by atoms with E-state index < -0.39 is 0 Å². The SMILES string of the molecule is COCCOc1ccccc1C(C)NCC1CC1. The van der Waals surface area contributed by atoms with Gasteiger partial charge in [0.05, 0.1) is 6.61 Å². The molecule has 1 aromatic carbocycles. The number of nitrogens with one attached hydrogen (secondary N) is 1. The highest BCUT2D eigenvalue weighted by Crippen LogP contribution is 2.30. The lowest BCUT2D eigenvalue weighted by Crippen LogP contribution is -2.21. The van der Waals surface area contributed by atoms with Crippen molar-refractivity contribution >= 4 is 0 Å². The summed E-state index contributed by atoms with van der Waals surface area (Å²) in [6, 6.07) is 8.57. The van der Waals surface area contributed by atoms with Crippen LogP contribution in [0.2, 0.25) is 0 Å². The predicted molar refractivity (Wildman–Crippen MR) is 73.0 cm³/mol. The molecule has 3 heteroatoms. The minimum atomic E-state index is 0.337. The van der Waals surface area contributed by atoms with Gasteiger partial charge in [0.2, 0.25) is 0 Å².